The van der Waals surface area contributed by atoms with Gasteiger partial charge in [0.15, 0.2) is 0 Å². The van der Waals surface area contributed by atoms with Crippen molar-refractivity contribution >= 4 is 0 Å². The molecule has 2 rings (SSSR count). The van der Waals surface area contributed by atoms with Crippen molar-refractivity contribution in [2.45, 2.75) is 44.3 Å². The summed E-state index contributed by atoms with van der Waals surface area (Å²) in [5.74, 6) is 0. The van der Waals surface area contributed by atoms with E-state index in [2.05, 4.69) is 0 Å². The molecule has 13 heavy (non-hydrogen) atoms. The lowest BCUT2D eigenvalue weighted by Gasteiger charge is -2.46. The Labute approximate surface area is 79.3 Å². The van der Waals surface area contributed by atoms with E-state index >= 15 is 0 Å². The largest absolute Gasteiger partial charge is 0.390 e. The molecule has 3 N–H and O–H groups in total. The molecular weight excluding hydrogens is 166 g/mol. The van der Waals surface area contributed by atoms with E-state index in [1.165, 1.54) is 6.42 Å². The Morgan fingerprint density at radius 3 is 2.62 bits per heavy atom. The van der Waals surface area contributed by atoms with Crippen LogP contribution in [0.3, 0.4) is 0 Å². The van der Waals surface area contributed by atoms with Crippen LogP contribution in [-0.2, 0) is 4.74 Å². The van der Waals surface area contributed by atoms with Gasteiger partial charge in [0.1, 0.15) is 0 Å². The van der Waals surface area contributed by atoms with Crippen LogP contribution in [0.5, 0.6) is 0 Å². The van der Waals surface area contributed by atoms with Gasteiger partial charge in [0, 0.05) is 18.6 Å². The molecule has 1 saturated carbocycles. The van der Waals surface area contributed by atoms with Gasteiger partial charge in [-0.15, -0.1) is 0 Å². The van der Waals surface area contributed by atoms with Gasteiger partial charge in [0.2, 0.25) is 0 Å². The van der Waals surface area contributed by atoms with E-state index in [9.17, 15) is 5.11 Å². The minimum atomic E-state index is -0.325. The van der Waals surface area contributed by atoms with Gasteiger partial charge in [0.25, 0.3) is 0 Å². The molecule has 3 heteroatoms. The second-order valence-corrected chi connectivity index (χ2v) is 4.42. The highest BCUT2D eigenvalue weighted by Gasteiger charge is 2.46. The predicted molar refractivity (Wildman–Crippen MR) is 50.3 cm³/mol. The topological polar surface area (TPSA) is 55.5 Å². The molecule has 0 aromatic rings. The van der Waals surface area contributed by atoms with Crippen molar-refractivity contribution in [1.29, 1.82) is 0 Å². The van der Waals surface area contributed by atoms with Crippen LogP contribution in [0, 0.1) is 5.41 Å². The van der Waals surface area contributed by atoms with Crippen LogP contribution in [0.2, 0.25) is 0 Å². The summed E-state index contributed by atoms with van der Waals surface area (Å²) in [6.45, 7) is 1.41. The summed E-state index contributed by atoms with van der Waals surface area (Å²) in [6, 6.07) is 0. The van der Waals surface area contributed by atoms with Crippen LogP contribution in [0.4, 0.5) is 0 Å². The van der Waals surface area contributed by atoms with Crippen molar-refractivity contribution in [3.63, 3.8) is 0 Å². The molecule has 3 nitrogen and oxygen atoms in total. The average Bonchev–Trinajstić information content (AvgIpc) is 2.54. The molecule has 2 fully saturated rings. The predicted octanol–water partition coefficient (Wildman–Crippen LogP) is 0.655. The minimum absolute atomic E-state index is 0.00495. The maximum Gasteiger partial charge on any atom is 0.0869 e. The van der Waals surface area contributed by atoms with Crippen LogP contribution in [0.15, 0.2) is 0 Å². The van der Waals surface area contributed by atoms with E-state index in [4.69, 9.17) is 10.5 Å². The summed E-state index contributed by atoms with van der Waals surface area (Å²) >= 11 is 0. The summed E-state index contributed by atoms with van der Waals surface area (Å²) in [5.41, 5.74) is 5.72. The van der Waals surface area contributed by atoms with Crippen LogP contribution in [0.1, 0.15) is 32.1 Å². The molecule has 76 valence electrons. The van der Waals surface area contributed by atoms with Crippen LogP contribution < -0.4 is 5.73 Å². The van der Waals surface area contributed by atoms with E-state index in [0.717, 1.165) is 32.3 Å². The Morgan fingerprint density at radius 1 is 1.46 bits per heavy atom. The van der Waals surface area contributed by atoms with Gasteiger partial charge in [-0.2, -0.15) is 0 Å². The SMILES string of the molecule is NCC1(C(O)C2CCCO2)CCC1. The quantitative estimate of drug-likeness (QED) is 0.679. The molecule has 1 saturated heterocycles. The zero-order valence-electron chi connectivity index (χ0n) is 8.04. The Bertz CT molecular complexity index is 168. The standard InChI is InChI=1S/C10H19NO2/c11-7-10(4-2-5-10)9(12)8-3-1-6-13-8/h8-9,12H,1-7,11H2. The number of rotatable bonds is 3. The summed E-state index contributed by atoms with van der Waals surface area (Å²) in [7, 11) is 0. The molecule has 2 atom stereocenters. The molecule has 1 aliphatic heterocycles. The molecule has 1 heterocycles. The van der Waals surface area contributed by atoms with E-state index in [-0.39, 0.29) is 17.6 Å². The molecule has 2 aliphatic rings. The van der Waals surface area contributed by atoms with Crippen molar-refractivity contribution < 1.29 is 9.84 Å². The normalized spacial score (nSPS) is 34.2. The summed E-state index contributed by atoms with van der Waals surface area (Å²) in [6.07, 6.45) is 5.18. The Balaban J connectivity index is 1.97. The lowest BCUT2D eigenvalue weighted by molar-refractivity contribution is -0.103. The monoisotopic (exact) mass is 185 g/mol. The van der Waals surface area contributed by atoms with Gasteiger partial charge in [-0.1, -0.05) is 6.42 Å². The summed E-state index contributed by atoms with van der Waals surface area (Å²) < 4.78 is 5.49. The van der Waals surface area contributed by atoms with Crippen molar-refractivity contribution in [1.82, 2.24) is 0 Å². The smallest absolute Gasteiger partial charge is 0.0869 e. The van der Waals surface area contributed by atoms with Crippen molar-refractivity contribution in [2.75, 3.05) is 13.2 Å². The van der Waals surface area contributed by atoms with Gasteiger partial charge in [0.05, 0.1) is 12.2 Å². The number of aliphatic hydroxyl groups is 1. The lowest BCUT2D eigenvalue weighted by Crippen LogP contribution is -2.52. The zero-order valence-corrected chi connectivity index (χ0v) is 8.04. The van der Waals surface area contributed by atoms with E-state index < -0.39 is 0 Å². The maximum absolute atomic E-state index is 10.1. The Kier molecular flexibility index (Phi) is 2.58. The second-order valence-electron chi connectivity index (χ2n) is 4.42. The molecular formula is C10H19NO2. The van der Waals surface area contributed by atoms with Crippen molar-refractivity contribution in [2.24, 2.45) is 11.1 Å². The fourth-order valence-corrected chi connectivity index (χ4v) is 2.50. The van der Waals surface area contributed by atoms with Gasteiger partial charge < -0.3 is 15.6 Å². The Morgan fingerprint density at radius 2 is 2.23 bits per heavy atom. The third-order valence-corrected chi connectivity index (χ3v) is 3.70. The third-order valence-electron chi connectivity index (χ3n) is 3.70. The van der Waals surface area contributed by atoms with E-state index in [1.54, 1.807) is 0 Å². The highest BCUT2D eigenvalue weighted by atomic mass is 16.5. The van der Waals surface area contributed by atoms with E-state index in [0.29, 0.717) is 6.54 Å². The third kappa shape index (κ3) is 1.49. The van der Waals surface area contributed by atoms with Gasteiger partial charge in [-0.25, -0.2) is 0 Å². The highest BCUT2D eigenvalue weighted by Crippen LogP contribution is 2.45. The summed E-state index contributed by atoms with van der Waals surface area (Å²) in [5, 5.41) is 10.1. The zero-order chi connectivity index (χ0) is 9.31. The van der Waals surface area contributed by atoms with Gasteiger partial charge in [-0.05, 0) is 25.7 Å². The van der Waals surface area contributed by atoms with Crippen LogP contribution >= 0.6 is 0 Å². The fourth-order valence-electron chi connectivity index (χ4n) is 2.50. The first-order chi connectivity index (χ1) is 6.28. The molecule has 1 aliphatic carbocycles. The first-order valence-electron chi connectivity index (χ1n) is 5.28. The maximum atomic E-state index is 10.1. The lowest BCUT2D eigenvalue weighted by atomic mass is 9.63. The van der Waals surface area contributed by atoms with Crippen molar-refractivity contribution in [3.8, 4) is 0 Å². The first kappa shape index (κ1) is 9.44. The number of hydrogen-bond acceptors (Lipinski definition) is 3. The highest BCUT2D eigenvalue weighted by molar-refractivity contribution is 4.98. The first-order valence-corrected chi connectivity index (χ1v) is 5.28. The number of ether oxygens (including phenoxy) is 1. The number of nitrogens with two attached hydrogens (primary N) is 1. The summed E-state index contributed by atoms with van der Waals surface area (Å²) in [4.78, 5) is 0. The van der Waals surface area contributed by atoms with E-state index in [1.807, 2.05) is 0 Å². The molecule has 0 aromatic heterocycles. The molecule has 2 unspecified atom stereocenters. The average molecular weight is 185 g/mol. The second kappa shape index (κ2) is 3.56. The molecule has 0 bridgehead atoms. The molecule has 0 radical (unpaired) electrons. The van der Waals surface area contributed by atoms with Crippen LogP contribution in [0.25, 0.3) is 0 Å². The molecule has 0 spiro atoms. The minimum Gasteiger partial charge on any atom is -0.390 e. The number of hydrogen-bond donors (Lipinski definition) is 2. The van der Waals surface area contributed by atoms with Crippen molar-refractivity contribution in [3.05, 3.63) is 0 Å². The van der Waals surface area contributed by atoms with Gasteiger partial charge in [-0.3, -0.25) is 0 Å². The fraction of sp³-hybridized carbons (Fsp3) is 1.00. The molecule has 0 aromatic carbocycles. The number of aliphatic hydroxyl groups excluding tert-OH is 1. The molecule has 0 amide bonds. The van der Waals surface area contributed by atoms with Crippen LogP contribution in [-0.4, -0.2) is 30.5 Å². The Hall–Kier alpha value is -0.120. The van der Waals surface area contributed by atoms with Gasteiger partial charge >= 0.3 is 0 Å².